The average molecular weight is 255 g/mol. The van der Waals surface area contributed by atoms with Gasteiger partial charge in [-0.1, -0.05) is 6.07 Å². The lowest BCUT2D eigenvalue weighted by Gasteiger charge is -2.09. The van der Waals surface area contributed by atoms with Crippen LogP contribution in [0.5, 0.6) is 0 Å². The zero-order valence-corrected chi connectivity index (χ0v) is 10.4. The molecule has 19 heavy (non-hydrogen) atoms. The highest BCUT2D eigenvalue weighted by Gasteiger charge is 2.10. The summed E-state index contributed by atoms with van der Waals surface area (Å²) in [5.41, 5.74) is 2.55. The van der Waals surface area contributed by atoms with E-state index in [0.29, 0.717) is 23.3 Å². The van der Waals surface area contributed by atoms with Gasteiger partial charge in [-0.05, 0) is 36.8 Å². The zero-order chi connectivity index (χ0) is 13.7. The van der Waals surface area contributed by atoms with Crippen molar-refractivity contribution in [2.75, 3.05) is 10.6 Å². The molecule has 0 radical (unpaired) electrons. The van der Waals surface area contributed by atoms with E-state index in [9.17, 15) is 9.59 Å². The molecule has 0 fully saturated rings. The van der Waals surface area contributed by atoms with E-state index in [4.69, 9.17) is 0 Å². The molecule has 2 N–H and O–H groups in total. The lowest BCUT2D eigenvalue weighted by molar-refractivity contribution is -0.105. The van der Waals surface area contributed by atoms with Crippen LogP contribution in [0.15, 0.2) is 42.7 Å². The van der Waals surface area contributed by atoms with Crippen molar-refractivity contribution in [1.29, 1.82) is 0 Å². The first-order chi connectivity index (χ1) is 9.20. The van der Waals surface area contributed by atoms with Crippen LogP contribution in [0.25, 0.3) is 0 Å². The number of carbonyl (C=O) groups excluding carboxylic acids is 2. The number of aromatic nitrogens is 1. The summed E-state index contributed by atoms with van der Waals surface area (Å²) < 4.78 is 0. The van der Waals surface area contributed by atoms with Crippen molar-refractivity contribution in [2.24, 2.45) is 0 Å². The van der Waals surface area contributed by atoms with E-state index in [2.05, 4.69) is 15.6 Å². The molecular formula is C14H13N3O2. The minimum absolute atomic E-state index is 0.236. The highest BCUT2D eigenvalue weighted by molar-refractivity contribution is 6.05. The number of hydrogen-bond donors (Lipinski definition) is 2. The second kappa shape index (κ2) is 5.77. The minimum atomic E-state index is -0.236. The zero-order valence-electron chi connectivity index (χ0n) is 10.4. The smallest absolute Gasteiger partial charge is 0.256 e. The Balaban J connectivity index is 2.23. The number of amides is 2. The van der Waals surface area contributed by atoms with Crippen molar-refractivity contribution in [2.45, 2.75) is 6.92 Å². The van der Waals surface area contributed by atoms with Gasteiger partial charge in [0.1, 0.15) is 0 Å². The molecule has 1 aromatic heterocycles. The molecule has 0 bridgehead atoms. The number of pyridine rings is 1. The van der Waals surface area contributed by atoms with E-state index in [1.165, 1.54) is 0 Å². The molecule has 0 spiro atoms. The predicted molar refractivity (Wildman–Crippen MR) is 73.1 cm³/mol. The molecule has 2 aromatic rings. The van der Waals surface area contributed by atoms with Gasteiger partial charge in [-0.3, -0.25) is 14.6 Å². The van der Waals surface area contributed by atoms with Crippen LogP contribution in [0.1, 0.15) is 15.9 Å². The second-order valence-corrected chi connectivity index (χ2v) is 3.99. The van der Waals surface area contributed by atoms with E-state index < -0.39 is 0 Å². The van der Waals surface area contributed by atoms with Crippen molar-refractivity contribution >= 4 is 23.7 Å². The molecule has 0 aliphatic rings. The second-order valence-electron chi connectivity index (χ2n) is 3.99. The fraction of sp³-hybridized carbons (Fsp3) is 0.0714. The van der Waals surface area contributed by atoms with Gasteiger partial charge in [0.05, 0.1) is 11.9 Å². The molecule has 0 saturated carbocycles. The average Bonchev–Trinajstić information content (AvgIpc) is 2.42. The van der Waals surface area contributed by atoms with E-state index in [0.717, 1.165) is 5.56 Å². The van der Waals surface area contributed by atoms with Crippen molar-refractivity contribution in [3.05, 3.63) is 53.9 Å². The van der Waals surface area contributed by atoms with Crippen LogP contribution in [0.2, 0.25) is 0 Å². The van der Waals surface area contributed by atoms with Gasteiger partial charge in [-0.2, -0.15) is 0 Å². The van der Waals surface area contributed by atoms with Crippen molar-refractivity contribution in [3.63, 3.8) is 0 Å². The molecule has 0 aliphatic heterocycles. The summed E-state index contributed by atoms with van der Waals surface area (Å²) in [6.45, 7) is 1.84. The number of benzene rings is 1. The van der Waals surface area contributed by atoms with E-state index in [-0.39, 0.29) is 5.91 Å². The summed E-state index contributed by atoms with van der Waals surface area (Å²) in [6, 6.07) is 8.66. The summed E-state index contributed by atoms with van der Waals surface area (Å²) in [4.78, 5) is 26.5. The molecule has 0 aliphatic carbocycles. The maximum atomic E-state index is 12.1. The number of hydrogen-bond acceptors (Lipinski definition) is 3. The Kier molecular flexibility index (Phi) is 3.87. The first-order valence-electron chi connectivity index (χ1n) is 5.73. The molecule has 0 atom stereocenters. The Hall–Kier alpha value is -2.69. The summed E-state index contributed by atoms with van der Waals surface area (Å²) in [6.07, 6.45) is 3.78. The van der Waals surface area contributed by atoms with Gasteiger partial charge >= 0.3 is 0 Å². The molecule has 1 heterocycles. The molecule has 96 valence electrons. The fourth-order valence-electron chi connectivity index (χ4n) is 1.66. The molecule has 5 heteroatoms. The summed E-state index contributed by atoms with van der Waals surface area (Å²) in [7, 11) is 0. The SMILES string of the molecule is Cc1ccc(NC=O)cc1C(=O)Nc1cccnc1. The number of rotatable bonds is 4. The molecular weight excluding hydrogens is 242 g/mol. The minimum Gasteiger partial charge on any atom is -0.329 e. The summed E-state index contributed by atoms with van der Waals surface area (Å²) >= 11 is 0. The van der Waals surface area contributed by atoms with E-state index >= 15 is 0 Å². The van der Waals surface area contributed by atoms with Gasteiger partial charge < -0.3 is 10.6 Å². The number of nitrogens with one attached hydrogen (secondary N) is 2. The summed E-state index contributed by atoms with van der Waals surface area (Å²) in [5.74, 6) is -0.236. The lowest BCUT2D eigenvalue weighted by Crippen LogP contribution is -2.14. The van der Waals surface area contributed by atoms with Crippen molar-refractivity contribution in [1.82, 2.24) is 4.98 Å². The van der Waals surface area contributed by atoms with Gasteiger partial charge in [0.2, 0.25) is 6.41 Å². The molecule has 2 rings (SSSR count). The topological polar surface area (TPSA) is 71.1 Å². The third-order valence-electron chi connectivity index (χ3n) is 2.63. The predicted octanol–water partition coefficient (Wildman–Crippen LogP) is 2.21. The molecule has 5 nitrogen and oxygen atoms in total. The number of aryl methyl sites for hydroxylation is 1. The van der Waals surface area contributed by atoms with Crippen molar-refractivity contribution in [3.8, 4) is 0 Å². The Bertz CT molecular complexity index is 597. The van der Waals surface area contributed by atoms with Gasteiger partial charge in [0.25, 0.3) is 5.91 Å². The van der Waals surface area contributed by atoms with E-state index in [1.54, 1.807) is 42.7 Å². The molecule has 2 amide bonds. The third-order valence-corrected chi connectivity index (χ3v) is 2.63. The van der Waals surface area contributed by atoms with E-state index in [1.807, 2.05) is 6.92 Å². The van der Waals surface area contributed by atoms with Crippen LogP contribution in [-0.2, 0) is 4.79 Å². The first kappa shape index (κ1) is 12.8. The Morgan fingerprint density at radius 2 is 2.11 bits per heavy atom. The first-order valence-corrected chi connectivity index (χ1v) is 5.73. The maximum absolute atomic E-state index is 12.1. The van der Waals surface area contributed by atoms with Crippen LogP contribution < -0.4 is 10.6 Å². The number of carbonyl (C=O) groups is 2. The molecule has 1 aromatic carbocycles. The largest absolute Gasteiger partial charge is 0.329 e. The highest BCUT2D eigenvalue weighted by atomic mass is 16.1. The molecule has 0 saturated heterocycles. The standard InChI is InChI=1S/C14H13N3O2/c1-10-4-5-11(16-9-18)7-13(10)14(19)17-12-3-2-6-15-8-12/h2-9H,1H3,(H,16,18)(H,17,19). The quantitative estimate of drug-likeness (QED) is 0.823. The van der Waals surface area contributed by atoms with Crippen molar-refractivity contribution < 1.29 is 9.59 Å². The Morgan fingerprint density at radius 3 is 2.79 bits per heavy atom. The van der Waals surface area contributed by atoms with Crippen LogP contribution >= 0.6 is 0 Å². The maximum Gasteiger partial charge on any atom is 0.256 e. The number of anilines is 2. The van der Waals surface area contributed by atoms with Crippen LogP contribution in [0, 0.1) is 6.92 Å². The third kappa shape index (κ3) is 3.16. The van der Waals surface area contributed by atoms with Crippen LogP contribution in [0.4, 0.5) is 11.4 Å². The van der Waals surface area contributed by atoms with Gasteiger partial charge in [-0.25, -0.2) is 0 Å². The van der Waals surface area contributed by atoms with Crippen LogP contribution in [0.3, 0.4) is 0 Å². The highest BCUT2D eigenvalue weighted by Crippen LogP contribution is 2.16. The normalized spacial score (nSPS) is 9.74. The van der Waals surface area contributed by atoms with Crippen LogP contribution in [-0.4, -0.2) is 17.3 Å². The Labute approximate surface area is 110 Å². The fourth-order valence-corrected chi connectivity index (χ4v) is 1.66. The van der Waals surface area contributed by atoms with Gasteiger partial charge in [0.15, 0.2) is 0 Å². The monoisotopic (exact) mass is 255 g/mol. The number of nitrogens with zero attached hydrogens (tertiary/aromatic N) is 1. The summed E-state index contributed by atoms with van der Waals surface area (Å²) in [5, 5.41) is 5.27. The van der Waals surface area contributed by atoms with Gasteiger partial charge in [-0.15, -0.1) is 0 Å². The Morgan fingerprint density at radius 1 is 1.26 bits per heavy atom. The lowest BCUT2D eigenvalue weighted by atomic mass is 10.1. The molecule has 0 unspecified atom stereocenters. The van der Waals surface area contributed by atoms with Gasteiger partial charge in [0, 0.05) is 17.4 Å².